The number of aliphatic hydroxyl groups is 2. The first-order valence-corrected chi connectivity index (χ1v) is 7.97. The van der Waals surface area contributed by atoms with Crippen LogP contribution in [0, 0.1) is 5.41 Å². The van der Waals surface area contributed by atoms with Crippen LogP contribution in [0.1, 0.15) is 65.7 Å². The first-order chi connectivity index (χ1) is 9.70. The minimum atomic E-state index is -1.46. The van der Waals surface area contributed by atoms with Crippen molar-refractivity contribution in [1.29, 1.82) is 0 Å². The van der Waals surface area contributed by atoms with Gasteiger partial charge in [0.15, 0.2) is 11.6 Å². The Balaban J connectivity index is 2.86. The molecule has 2 unspecified atom stereocenters. The molecular weight excluding hydrogens is 268 g/mol. The third kappa shape index (κ3) is 5.06. The van der Waals surface area contributed by atoms with Gasteiger partial charge in [-0.15, -0.1) is 0 Å². The van der Waals surface area contributed by atoms with Crippen LogP contribution in [0.4, 0.5) is 0 Å². The van der Waals surface area contributed by atoms with Gasteiger partial charge in [0.05, 0.1) is 6.42 Å². The van der Waals surface area contributed by atoms with Crippen molar-refractivity contribution in [2.45, 2.75) is 77.3 Å². The van der Waals surface area contributed by atoms with Crippen LogP contribution in [-0.2, 0) is 9.47 Å². The van der Waals surface area contributed by atoms with Gasteiger partial charge in [0.2, 0.25) is 0 Å². The van der Waals surface area contributed by atoms with Crippen LogP contribution in [0.2, 0.25) is 0 Å². The lowest BCUT2D eigenvalue weighted by Gasteiger charge is -2.43. The fourth-order valence-corrected chi connectivity index (χ4v) is 2.99. The summed E-state index contributed by atoms with van der Waals surface area (Å²) in [6.45, 7) is 6.51. The third-order valence-corrected chi connectivity index (χ3v) is 4.65. The molecule has 1 aliphatic rings. The van der Waals surface area contributed by atoms with E-state index in [-0.39, 0.29) is 11.8 Å². The summed E-state index contributed by atoms with van der Waals surface area (Å²) in [7, 11) is 2.91. The molecule has 4 nitrogen and oxygen atoms in total. The van der Waals surface area contributed by atoms with Gasteiger partial charge in [-0.1, -0.05) is 52.0 Å². The average Bonchev–Trinajstić information content (AvgIpc) is 2.43. The molecule has 0 radical (unpaired) electrons. The summed E-state index contributed by atoms with van der Waals surface area (Å²) < 4.78 is 10.4. The molecule has 0 amide bonds. The second-order valence-electron chi connectivity index (χ2n) is 6.92. The van der Waals surface area contributed by atoms with Gasteiger partial charge in [-0.2, -0.15) is 0 Å². The molecule has 124 valence electrons. The largest absolute Gasteiger partial charge is 0.365 e. The highest BCUT2D eigenvalue weighted by molar-refractivity contribution is 5.22. The van der Waals surface area contributed by atoms with Crippen molar-refractivity contribution in [3.8, 4) is 0 Å². The summed E-state index contributed by atoms with van der Waals surface area (Å²) in [5.41, 5.74) is 0.909. The van der Waals surface area contributed by atoms with Crippen molar-refractivity contribution >= 4 is 0 Å². The van der Waals surface area contributed by atoms with Crippen molar-refractivity contribution in [3.63, 3.8) is 0 Å². The van der Waals surface area contributed by atoms with E-state index in [1.807, 2.05) is 0 Å². The van der Waals surface area contributed by atoms with Crippen molar-refractivity contribution in [1.82, 2.24) is 0 Å². The normalized spacial score (nSPS) is 30.3. The lowest BCUT2D eigenvalue weighted by atomic mass is 9.72. The lowest BCUT2D eigenvalue weighted by molar-refractivity contribution is -0.264. The fraction of sp³-hybridized carbons (Fsp3) is 0.882. The van der Waals surface area contributed by atoms with Crippen LogP contribution in [0.15, 0.2) is 11.6 Å². The van der Waals surface area contributed by atoms with Gasteiger partial charge < -0.3 is 19.7 Å². The summed E-state index contributed by atoms with van der Waals surface area (Å²) in [5.74, 6) is -2.82. The fourth-order valence-electron chi connectivity index (χ4n) is 2.99. The summed E-state index contributed by atoms with van der Waals surface area (Å²) in [4.78, 5) is 0. The lowest BCUT2D eigenvalue weighted by Crippen LogP contribution is -2.48. The van der Waals surface area contributed by atoms with Crippen molar-refractivity contribution < 1.29 is 19.7 Å². The van der Waals surface area contributed by atoms with E-state index < -0.39 is 11.6 Å². The molecule has 0 aromatic rings. The molecular formula is C17H32O4. The quantitative estimate of drug-likeness (QED) is 0.410. The summed E-state index contributed by atoms with van der Waals surface area (Å²) >= 11 is 0. The molecule has 4 heteroatoms. The zero-order valence-electron chi connectivity index (χ0n) is 14.2. The standard InChI is InChI=1S/C17H32O4/c1-6-7-8-9-10-15(2,3)14-11-16(18,20-4)13-17(19,12-14)21-5/h11,18-19H,6-10,12-13H2,1-5H3. The first kappa shape index (κ1) is 18.6. The number of hydrogen-bond donors (Lipinski definition) is 2. The SMILES string of the molecule is CCCCCCC(C)(C)C1=CC(O)(OC)CC(O)(OC)C1. The van der Waals surface area contributed by atoms with Crippen LogP contribution in [0.25, 0.3) is 0 Å². The van der Waals surface area contributed by atoms with E-state index in [0.717, 1.165) is 18.4 Å². The maximum absolute atomic E-state index is 10.5. The molecule has 0 saturated heterocycles. The number of unbranched alkanes of at least 4 members (excludes halogenated alkanes) is 3. The maximum atomic E-state index is 10.5. The minimum absolute atomic E-state index is 0.0302. The van der Waals surface area contributed by atoms with Crippen LogP contribution in [-0.4, -0.2) is 36.0 Å². The molecule has 0 aromatic carbocycles. The van der Waals surface area contributed by atoms with Gasteiger partial charge in [0, 0.05) is 20.6 Å². The molecule has 0 aliphatic heterocycles. The highest BCUT2D eigenvalue weighted by Crippen LogP contribution is 2.44. The third-order valence-electron chi connectivity index (χ3n) is 4.65. The van der Waals surface area contributed by atoms with E-state index >= 15 is 0 Å². The van der Waals surface area contributed by atoms with Gasteiger partial charge in [-0.3, -0.25) is 0 Å². The van der Waals surface area contributed by atoms with Gasteiger partial charge in [0.25, 0.3) is 0 Å². The zero-order chi connectivity index (χ0) is 16.1. The zero-order valence-corrected chi connectivity index (χ0v) is 14.2. The Bertz CT molecular complexity index is 364. The predicted octanol–water partition coefficient (Wildman–Crippen LogP) is 3.37. The summed E-state index contributed by atoms with van der Waals surface area (Å²) in [5, 5.41) is 20.9. The van der Waals surface area contributed by atoms with E-state index in [1.165, 1.54) is 33.5 Å². The number of methoxy groups -OCH3 is 2. The molecule has 21 heavy (non-hydrogen) atoms. The number of rotatable bonds is 8. The summed E-state index contributed by atoms with van der Waals surface area (Å²) in [6, 6.07) is 0. The molecule has 2 atom stereocenters. The molecule has 0 saturated carbocycles. The van der Waals surface area contributed by atoms with Crippen molar-refractivity contribution in [2.24, 2.45) is 5.41 Å². The smallest absolute Gasteiger partial charge is 0.190 e. The van der Waals surface area contributed by atoms with E-state index in [4.69, 9.17) is 9.47 Å². The topological polar surface area (TPSA) is 58.9 Å². The van der Waals surface area contributed by atoms with Gasteiger partial charge in [-0.05, 0) is 17.9 Å². The second-order valence-corrected chi connectivity index (χ2v) is 6.92. The Labute approximate surface area is 129 Å². The Kier molecular flexibility index (Phi) is 6.41. The number of ether oxygens (including phenoxy) is 2. The molecule has 0 heterocycles. The molecule has 2 N–H and O–H groups in total. The van der Waals surface area contributed by atoms with E-state index in [9.17, 15) is 10.2 Å². The molecule has 1 rings (SSSR count). The Morgan fingerprint density at radius 1 is 1.14 bits per heavy atom. The van der Waals surface area contributed by atoms with Crippen LogP contribution < -0.4 is 0 Å². The van der Waals surface area contributed by atoms with Gasteiger partial charge >= 0.3 is 0 Å². The van der Waals surface area contributed by atoms with Crippen LogP contribution >= 0.6 is 0 Å². The molecule has 0 bridgehead atoms. The summed E-state index contributed by atoms with van der Waals surface area (Å²) in [6.07, 6.45) is 8.07. The second kappa shape index (κ2) is 7.23. The highest BCUT2D eigenvalue weighted by atomic mass is 16.6. The molecule has 1 aliphatic carbocycles. The van der Waals surface area contributed by atoms with E-state index in [2.05, 4.69) is 20.8 Å². The Hall–Kier alpha value is -0.420. The van der Waals surface area contributed by atoms with Crippen molar-refractivity contribution in [3.05, 3.63) is 11.6 Å². The Morgan fingerprint density at radius 2 is 1.81 bits per heavy atom. The predicted molar refractivity (Wildman–Crippen MR) is 83.8 cm³/mol. The number of hydrogen-bond acceptors (Lipinski definition) is 4. The van der Waals surface area contributed by atoms with E-state index in [0.29, 0.717) is 6.42 Å². The highest BCUT2D eigenvalue weighted by Gasteiger charge is 2.46. The Morgan fingerprint density at radius 3 is 2.33 bits per heavy atom. The van der Waals surface area contributed by atoms with Crippen LogP contribution in [0.3, 0.4) is 0 Å². The molecule has 0 spiro atoms. The van der Waals surface area contributed by atoms with Gasteiger partial charge in [-0.25, -0.2) is 0 Å². The average molecular weight is 300 g/mol. The van der Waals surface area contributed by atoms with Crippen molar-refractivity contribution in [2.75, 3.05) is 14.2 Å². The minimum Gasteiger partial charge on any atom is -0.365 e. The van der Waals surface area contributed by atoms with Crippen LogP contribution in [0.5, 0.6) is 0 Å². The molecule has 0 aromatic heterocycles. The first-order valence-electron chi connectivity index (χ1n) is 7.97. The molecule has 0 fully saturated rings. The van der Waals surface area contributed by atoms with Gasteiger partial charge in [0.1, 0.15) is 0 Å². The monoisotopic (exact) mass is 300 g/mol. The maximum Gasteiger partial charge on any atom is 0.190 e. The van der Waals surface area contributed by atoms with E-state index in [1.54, 1.807) is 6.08 Å².